The molecule has 0 atom stereocenters. The smallest absolute Gasteiger partial charge is 0.279 e. The first kappa shape index (κ1) is 7.70. The molecular formula is CHF3O3S. The van der Waals surface area contributed by atoms with Gasteiger partial charge in [0.1, 0.15) is 0 Å². The molecule has 0 aromatic heterocycles. The lowest BCUT2D eigenvalue weighted by Gasteiger charge is -1.97. The van der Waals surface area contributed by atoms with Gasteiger partial charge in [-0.1, -0.05) is 0 Å². The number of halogens is 3. The molecule has 3 nitrogen and oxygen atoms in total. The predicted molar refractivity (Wildman–Crippen MR) is 17.6 cm³/mol. The highest BCUT2D eigenvalue weighted by Gasteiger charge is 2.44. The SMILES string of the molecule is O=S(=O)(O)C(F)(F)[18F]. The Labute approximate surface area is 42.9 Å². The molecule has 0 aliphatic heterocycles. The van der Waals surface area contributed by atoms with Gasteiger partial charge in [0, 0.05) is 0 Å². The summed E-state index contributed by atoms with van der Waals surface area (Å²) in [4.78, 5) is 0. The molecule has 0 aliphatic carbocycles. The van der Waals surface area contributed by atoms with E-state index in [4.69, 9.17) is 13.0 Å². The second-order valence-corrected chi connectivity index (χ2v) is 2.33. The molecule has 0 spiro atoms. The van der Waals surface area contributed by atoms with Crippen LogP contribution in [-0.4, -0.2) is 18.5 Å². The molecular weight excluding hydrogens is 148 g/mol. The Morgan fingerprint density at radius 1 is 1.25 bits per heavy atom. The van der Waals surface area contributed by atoms with Gasteiger partial charge in [0.2, 0.25) is 0 Å². The van der Waals surface area contributed by atoms with Gasteiger partial charge in [-0.2, -0.15) is 21.6 Å². The molecule has 8 heavy (non-hydrogen) atoms. The van der Waals surface area contributed by atoms with Crippen LogP contribution < -0.4 is 0 Å². The Morgan fingerprint density at radius 2 is 1.38 bits per heavy atom. The summed E-state index contributed by atoms with van der Waals surface area (Å²) in [5, 5.41) is 0. The van der Waals surface area contributed by atoms with Crippen molar-refractivity contribution in [2.24, 2.45) is 0 Å². The number of alkyl halides is 3. The van der Waals surface area contributed by atoms with Crippen molar-refractivity contribution in [3.05, 3.63) is 0 Å². The quantitative estimate of drug-likeness (QED) is 0.400. The lowest BCUT2D eigenvalue weighted by atomic mass is 11.5. The van der Waals surface area contributed by atoms with E-state index in [1.165, 1.54) is 0 Å². The van der Waals surface area contributed by atoms with Crippen molar-refractivity contribution < 1.29 is 26.1 Å². The zero-order chi connectivity index (χ0) is 7.00. The summed E-state index contributed by atoms with van der Waals surface area (Å²) in [6.07, 6.45) is 0. The van der Waals surface area contributed by atoms with Gasteiger partial charge in [-0.15, -0.1) is 0 Å². The van der Waals surface area contributed by atoms with Crippen LogP contribution in [0.25, 0.3) is 0 Å². The van der Waals surface area contributed by atoms with E-state index in [1.807, 2.05) is 0 Å². The Balaban J connectivity index is 4.53. The van der Waals surface area contributed by atoms with E-state index in [0.29, 0.717) is 0 Å². The minimum absolute atomic E-state index is 5.53. The molecule has 1 N–H and O–H groups in total. The summed E-state index contributed by atoms with van der Waals surface area (Å²) in [7, 11) is -5.84. The van der Waals surface area contributed by atoms with Gasteiger partial charge in [0.25, 0.3) is 0 Å². The van der Waals surface area contributed by atoms with E-state index >= 15 is 0 Å². The minimum atomic E-state index is -5.84. The summed E-state index contributed by atoms with van der Waals surface area (Å²) in [6.45, 7) is 0. The van der Waals surface area contributed by atoms with Crippen LogP contribution in [0.4, 0.5) is 13.2 Å². The van der Waals surface area contributed by atoms with Crippen LogP contribution in [0.3, 0.4) is 0 Å². The zero-order valence-corrected chi connectivity index (χ0v) is 4.12. The van der Waals surface area contributed by atoms with Crippen LogP contribution in [0, 0.1) is 0 Å². The van der Waals surface area contributed by atoms with Crippen molar-refractivity contribution in [3.8, 4) is 0 Å². The molecule has 0 unspecified atom stereocenters. The van der Waals surface area contributed by atoms with Gasteiger partial charge >= 0.3 is 15.6 Å². The molecule has 7 heteroatoms. The highest BCUT2D eigenvalue weighted by molar-refractivity contribution is 7.86. The second-order valence-electron chi connectivity index (χ2n) is 0.921. The van der Waals surface area contributed by atoms with Crippen molar-refractivity contribution in [1.29, 1.82) is 0 Å². The third-order valence-corrected chi connectivity index (χ3v) is 0.877. The summed E-state index contributed by atoms with van der Waals surface area (Å²) in [5.41, 5.74) is -5.53. The van der Waals surface area contributed by atoms with Crippen LogP contribution in [-0.2, 0) is 10.1 Å². The molecule has 0 heterocycles. The third-order valence-electron chi connectivity index (χ3n) is 0.292. The first-order valence-corrected chi connectivity index (χ1v) is 2.73. The van der Waals surface area contributed by atoms with E-state index in [1.54, 1.807) is 0 Å². The predicted octanol–water partition coefficient (Wildman–Crippen LogP) is 0.394. The minimum Gasteiger partial charge on any atom is -0.279 e. The summed E-state index contributed by atoms with van der Waals surface area (Å²) in [5.74, 6) is 0. The fourth-order valence-electron chi connectivity index (χ4n) is 0. The summed E-state index contributed by atoms with van der Waals surface area (Å²) in [6, 6.07) is 0. The van der Waals surface area contributed by atoms with E-state index in [0.717, 1.165) is 0 Å². The Morgan fingerprint density at radius 3 is 1.38 bits per heavy atom. The lowest BCUT2D eigenvalue weighted by Crippen LogP contribution is -2.21. The van der Waals surface area contributed by atoms with E-state index in [9.17, 15) is 13.2 Å². The Bertz CT molecular complexity index is 163. The number of hydrogen-bond acceptors (Lipinski definition) is 2. The average molecular weight is 149 g/mol. The van der Waals surface area contributed by atoms with Crippen LogP contribution in [0.15, 0.2) is 0 Å². The Kier molecular flexibility index (Phi) is 1.53. The maximum atomic E-state index is 10.7. The maximum Gasteiger partial charge on any atom is 0.522 e. The number of hydrogen-bond donors (Lipinski definition) is 1. The molecule has 0 aliphatic rings. The van der Waals surface area contributed by atoms with Crippen LogP contribution in [0.2, 0.25) is 0 Å². The zero-order valence-electron chi connectivity index (χ0n) is 3.31. The van der Waals surface area contributed by atoms with Crippen molar-refractivity contribution >= 4 is 10.1 Å². The Hall–Kier alpha value is -0.300. The largest absolute Gasteiger partial charge is 0.522 e. The van der Waals surface area contributed by atoms with Gasteiger partial charge in [0.15, 0.2) is 0 Å². The molecule has 0 aromatic rings. The maximum absolute atomic E-state index is 10.7. The molecule has 50 valence electrons. The molecule has 0 bridgehead atoms. The monoisotopic (exact) mass is 149 g/mol. The topological polar surface area (TPSA) is 54.4 Å². The lowest BCUT2D eigenvalue weighted by molar-refractivity contribution is -0.0510. The van der Waals surface area contributed by atoms with Crippen molar-refractivity contribution in [1.82, 2.24) is 0 Å². The number of rotatable bonds is 0. The highest BCUT2D eigenvalue weighted by Crippen LogP contribution is 2.20. The summed E-state index contributed by atoms with van der Waals surface area (Å²) < 4.78 is 57.5. The van der Waals surface area contributed by atoms with E-state index < -0.39 is 15.6 Å². The van der Waals surface area contributed by atoms with Gasteiger partial charge in [-0.25, -0.2) is 0 Å². The molecule has 0 amide bonds. The first-order chi connectivity index (χ1) is 3.25. The van der Waals surface area contributed by atoms with Crippen LogP contribution >= 0.6 is 0 Å². The van der Waals surface area contributed by atoms with Crippen molar-refractivity contribution in [3.63, 3.8) is 0 Å². The van der Waals surface area contributed by atoms with Crippen molar-refractivity contribution in [2.75, 3.05) is 0 Å². The van der Waals surface area contributed by atoms with Gasteiger partial charge in [-0.3, -0.25) is 4.55 Å². The molecule has 0 saturated heterocycles. The molecule has 0 fully saturated rings. The first-order valence-electron chi connectivity index (χ1n) is 1.29. The molecule has 0 saturated carbocycles. The van der Waals surface area contributed by atoms with Crippen molar-refractivity contribution in [2.45, 2.75) is 5.51 Å². The van der Waals surface area contributed by atoms with Crippen LogP contribution in [0.5, 0.6) is 0 Å². The normalized spacial score (nSPS) is 14.0. The molecule has 0 aromatic carbocycles. The van der Waals surface area contributed by atoms with Crippen LogP contribution in [0.1, 0.15) is 0 Å². The average Bonchev–Trinajstić information content (AvgIpc) is 1.25. The second kappa shape index (κ2) is 1.59. The molecule has 0 rings (SSSR count). The van der Waals surface area contributed by atoms with E-state index in [-0.39, 0.29) is 0 Å². The fourth-order valence-corrected chi connectivity index (χ4v) is 0. The van der Waals surface area contributed by atoms with Gasteiger partial charge in [-0.05, 0) is 0 Å². The highest BCUT2D eigenvalue weighted by atomic mass is 32.2. The standard InChI is InChI=1S/CHF3O3S/c2-1(3,4)8(5,6)7/h(H,5,6,7)/i2-1. The van der Waals surface area contributed by atoms with Gasteiger partial charge < -0.3 is 0 Å². The fraction of sp³-hybridized carbons (Fsp3) is 1.00. The molecule has 0 radical (unpaired) electrons. The third kappa shape index (κ3) is 1.66. The van der Waals surface area contributed by atoms with E-state index in [2.05, 4.69) is 0 Å². The van der Waals surface area contributed by atoms with Gasteiger partial charge in [0.05, 0.1) is 0 Å². The summed E-state index contributed by atoms with van der Waals surface area (Å²) >= 11 is 0.